The molecule has 0 spiro atoms. The summed E-state index contributed by atoms with van der Waals surface area (Å²) in [7, 11) is 1.44. The Morgan fingerprint density at radius 1 is 1.36 bits per heavy atom. The van der Waals surface area contributed by atoms with Gasteiger partial charge in [0.25, 0.3) is 0 Å². The van der Waals surface area contributed by atoms with Crippen molar-refractivity contribution in [3.63, 3.8) is 0 Å². The SMILES string of the molecule is CC(O)N(C)C(CCC(=O)O)C(=O)O. The van der Waals surface area contributed by atoms with E-state index in [9.17, 15) is 9.59 Å². The highest BCUT2D eigenvalue weighted by Crippen LogP contribution is 2.08. The van der Waals surface area contributed by atoms with Crippen LogP contribution >= 0.6 is 0 Å². The van der Waals surface area contributed by atoms with Crippen LogP contribution in [0.4, 0.5) is 0 Å². The summed E-state index contributed by atoms with van der Waals surface area (Å²) in [5.41, 5.74) is 0. The summed E-state index contributed by atoms with van der Waals surface area (Å²) in [4.78, 5) is 22.2. The molecule has 3 N–H and O–H groups in total. The summed E-state index contributed by atoms with van der Waals surface area (Å²) in [5.74, 6) is -2.18. The number of aliphatic carboxylic acids is 2. The van der Waals surface area contributed by atoms with Gasteiger partial charge < -0.3 is 15.3 Å². The molecule has 0 heterocycles. The van der Waals surface area contributed by atoms with E-state index >= 15 is 0 Å². The minimum absolute atomic E-state index is 0.0218. The third-order valence-electron chi connectivity index (χ3n) is 2.00. The summed E-state index contributed by atoms with van der Waals surface area (Å²) < 4.78 is 0. The van der Waals surface area contributed by atoms with E-state index in [2.05, 4.69) is 0 Å². The molecule has 0 aromatic carbocycles. The summed E-state index contributed by atoms with van der Waals surface area (Å²) in [6.07, 6.45) is -1.16. The van der Waals surface area contributed by atoms with Gasteiger partial charge in [-0.1, -0.05) is 0 Å². The van der Waals surface area contributed by atoms with Crippen molar-refractivity contribution in [2.24, 2.45) is 0 Å². The Bertz CT molecular complexity index is 216. The van der Waals surface area contributed by atoms with Crippen molar-refractivity contribution in [2.45, 2.75) is 32.0 Å². The highest BCUT2D eigenvalue weighted by atomic mass is 16.4. The average Bonchev–Trinajstić information content (AvgIpc) is 2.02. The van der Waals surface area contributed by atoms with Gasteiger partial charge in [0.2, 0.25) is 0 Å². The van der Waals surface area contributed by atoms with Crippen LogP contribution in [0.2, 0.25) is 0 Å². The van der Waals surface area contributed by atoms with E-state index in [4.69, 9.17) is 15.3 Å². The molecule has 0 fully saturated rings. The second-order valence-electron chi connectivity index (χ2n) is 3.08. The van der Waals surface area contributed by atoms with Gasteiger partial charge in [-0.2, -0.15) is 0 Å². The van der Waals surface area contributed by atoms with Crippen molar-refractivity contribution in [1.82, 2.24) is 4.90 Å². The zero-order chi connectivity index (χ0) is 11.3. The first kappa shape index (κ1) is 12.9. The quantitative estimate of drug-likeness (QED) is 0.509. The lowest BCUT2D eigenvalue weighted by molar-refractivity contribution is -0.147. The molecule has 0 aliphatic heterocycles. The lowest BCUT2D eigenvalue weighted by Crippen LogP contribution is -2.43. The first-order valence-electron chi connectivity index (χ1n) is 4.21. The zero-order valence-electron chi connectivity index (χ0n) is 8.17. The van der Waals surface area contributed by atoms with E-state index in [-0.39, 0.29) is 12.8 Å². The number of rotatable bonds is 6. The molecule has 0 radical (unpaired) electrons. The maximum atomic E-state index is 10.7. The van der Waals surface area contributed by atoms with Gasteiger partial charge in [0.05, 0.1) is 0 Å². The van der Waals surface area contributed by atoms with Gasteiger partial charge in [0.15, 0.2) is 0 Å². The number of likely N-dealkylation sites (N-methyl/N-ethyl adjacent to an activating group) is 1. The van der Waals surface area contributed by atoms with E-state index in [0.717, 1.165) is 0 Å². The lowest BCUT2D eigenvalue weighted by Gasteiger charge is -2.26. The van der Waals surface area contributed by atoms with Crippen LogP contribution in [0.5, 0.6) is 0 Å². The van der Waals surface area contributed by atoms with Gasteiger partial charge in [-0.05, 0) is 20.4 Å². The molecule has 0 saturated heterocycles. The number of aliphatic hydroxyl groups excluding tert-OH is 1. The van der Waals surface area contributed by atoms with Crippen molar-refractivity contribution >= 4 is 11.9 Å². The number of hydrogen-bond donors (Lipinski definition) is 3. The average molecular weight is 205 g/mol. The summed E-state index contributed by atoms with van der Waals surface area (Å²) in [5, 5.41) is 26.3. The van der Waals surface area contributed by atoms with E-state index in [1.165, 1.54) is 18.9 Å². The maximum absolute atomic E-state index is 10.7. The van der Waals surface area contributed by atoms with Crippen LogP contribution in [-0.4, -0.2) is 51.5 Å². The van der Waals surface area contributed by atoms with Crippen molar-refractivity contribution < 1.29 is 24.9 Å². The van der Waals surface area contributed by atoms with Gasteiger partial charge in [0, 0.05) is 6.42 Å². The largest absolute Gasteiger partial charge is 0.481 e. The second kappa shape index (κ2) is 5.56. The fourth-order valence-corrected chi connectivity index (χ4v) is 1.02. The van der Waals surface area contributed by atoms with E-state index in [1.54, 1.807) is 0 Å². The molecule has 0 aromatic rings. The molecule has 6 nitrogen and oxygen atoms in total. The molecule has 0 rings (SSSR count). The molecule has 0 bridgehead atoms. The Kier molecular flexibility index (Phi) is 5.11. The molecule has 2 unspecified atom stereocenters. The predicted molar refractivity (Wildman–Crippen MR) is 47.7 cm³/mol. The van der Waals surface area contributed by atoms with Crippen molar-refractivity contribution in [1.29, 1.82) is 0 Å². The van der Waals surface area contributed by atoms with Gasteiger partial charge in [0.1, 0.15) is 12.3 Å². The number of carboxylic acid groups (broad SMARTS) is 2. The van der Waals surface area contributed by atoms with Crippen LogP contribution in [0.15, 0.2) is 0 Å². The lowest BCUT2D eigenvalue weighted by atomic mass is 10.1. The minimum atomic E-state index is -1.13. The molecule has 82 valence electrons. The monoisotopic (exact) mass is 205 g/mol. The number of hydrogen-bond acceptors (Lipinski definition) is 4. The third kappa shape index (κ3) is 4.20. The van der Waals surface area contributed by atoms with Crippen LogP contribution in [-0.2, 0) is 9.59 Å². The number of aliphatic hydroxyl groups is 1. The molecular weight excluding hydrogens is 190 g/mol. The normalized spacial score (nSPS) is 15.1. The summed E-state index contributed by atoms with van der Waals surface area (Å²) in [6.45, 7) is 1.43. The fraction of sp³-hybridized carbons (Fsp3) is 0.750. The van der Waals surface area contributed by atoms with Crippen molar-refractivity contribution in [2.75, 3.05) is 7.05 Å². The first-order valence-corrected chi connectivity index (χ1v) is 4.21. The Hall–Kier alpha value is -1.14. The standard InChI is InChI=1S/C8H15NO5/c1-5(10)9(2)6(8(13)14)3-4-7(11)12/h5-6,10H,3-4H2,1-2H3,(H,11,12)(H,13,14). The highest BCUT2D eigenvalue weighted by Gasteiger charge is 2.25. The van der Waals surface area contributed by atoms with Crippen LogP contribution in [0, 0.1) is 0 Å². The zero-order valence-corrected chi connectivity index (χ0v) is 8.17. The van der Waals surface area contributed by atoms with E-state index in [0.29, 0.717) is 0 Å². The Balaban J connectivity index is 4.29. The molecule has 0 saturated carbocycles. The maximum Gasteiger partial charge on any atom is 0.321 e. The number of nitrogens with zero attached hydrogens (tertiary/aromatic N) is 1. The molecule has 14 heavy (non-hydrogen) atoms. The van der Waals surface area contributed by atoms with Crippen LogP contribution in [0.25, 0.3) is 0 Å². The van der Waals surface area contributed by atoms with Gasteiger partial charge >= 0.3 is 11.9 Å². The molecule has 2 atom stereocenters. The Morgan fingerprint density at radius 3 is 2.14 bits per heavy atom. The second-order valence-corrected chi connectivity index (χ2v) is 3.08. The predicted octanol–water partition coefficient (Wildman–Crippen LogP) is -0.426. The van der Waals surface area contributed by atoms with E-state index < -0.39 is 24.2 Å². The van der Waals surface area contributed by atoms with Crippen LogP contribution in [0.1, 0.15) is 19.8 Å². The number of carboxylic acids is 2. The summed E-state index contributed by atoms with van der Waals surface area (Å²) in [6, 6.07) is -0.967. The number of carbonyl (C=O) groups is 2. The van der Waals surface area contributed by atoms with Gasteiger partial charge in [-0.3, -0.25) is 14.5 Å². The smallest absolute Gasteiger partial charge is 0.321 e. The molecule has 0 aromatic heterocycles. The molecule has 0 aliphatic carbocycles. The van der Waals surface area contributed by atoms with Crippen molar-refractivity contribution in [3.8, 4) is 0 Å². The highest BCUT2D eigenvalue weighted by molar-refractivity contribution is 5.75. The van der Waals surface area contributed by atoms with Gasteiger partial charge in [-0.15, -0.1) is 0 Å². The molecular formula is C8H15NO5. The molecule has 6 heteroatoms. The Morgan fingerprint density at radius 2 is 1.86 bits per heavy atom. The van der Waals surface area contributed by atoms with Crippen molar-refractivity contribution in [3.05, 3.63) is 0 Å². The van der Waals surface area contributed by atoms with Gasteiger partial charge in [-0.25, -0.2) is 0 Å². The summed E-state index contributed by atoms with van der Waals surface area (Å²) >= 11 is 0. The molecule has 0 amide bonds. The van der Waals surface area contributed by atoms with Crippen LogP contribution in [0.3, 0.4) is 0 Å². The van der Waals surface area contributed by atoms with E-state index in [1.807, 2.05) is 0 Å². The Labute approximate surface area is 81.8 Å². The fourth-order valence-electron chi connectivity index (χ4n) is 1.02. The molecule has 0 aliphatic rings. The van der Waals surface area contributed by atoms with Crippen LogP contribution < -0.4 is 0 Å². The first-order chi connectivity index (χ1) is 6.36. The minimum Gasteiger partial charge on any atom is -0.481 e. The topological polar surface area (TPSA) is 98.1 Å². The third-order valence-corrected chi connectivity index (χ3v) is 2.00.